The number of aromatic nitrogens is 2. The van der Waals surface area contributed by atoms with E-state index < -0.39 is 11.7 Å². The molecule has 2 aromatic heterocycles. The van der Waals surface area contributed by atoms with Crippen molar-refractivity contribution in [2.45, 2.75) is 40.2 Å². The summed E-state index contributed by atoms with van der Waals surface area (Å²) in [6.45, 7) is 12.9. The largest absolute Gasteiger partial charge is 0.444 e. The number of amides is 1. The third-order valence-corrected chi connectivity index (χ3v) is 5.32. The molecule has 0 aliphatic rings. The zero-order valence-corrected chi connectivity index (χ0v) is 17.5. The molecule has 0 fully saturated rings. The van der Waals surface area contributed by atoms with E-state index in [1.807, 2.05) is 34.6 Å². The van der Waals surface area contributed by atoms with Crippen molar-refractivity contribution in [3.05, 3.63) is 26.4 Å². The average Bonchev–Trinajstić information content (AvgIpc) is 2.94. The molecular formula is C15H21BrN4O2S2. The van der Waals surface area contributed by atoms with Crippen LogP contribution in [0, 0.1) is 13.8 Å². The number of ether oxygens (including phenoxy) is 1. The highest BCUT2D eigenvalue weighted by Crippen LogP contribution is 2.28. The SMILES string of the molecule is C=Cc1c(N)nsc1C.Cc1snc(NC(=O)OC(C)(C)C)c1Br. The molecule has 0 spiro atoms. The Morgan fingerprint density at radius 3 is 2.21 bits per heavy atom. The molecule has 0 aliphatic heterocycles. The lowest BCUT2D eigenvalue weighted by molar-refractivity contribution is 0.0635. The van der Waals surface area contributed by atoms with Crippen molar-refractivity contribution in [3.8, 4) is 0 Å². The molecule has 0 saturated carbocycles. The summed E-state index contributed by atoms with van der Waals surface area (Å²) in [6, 6.07) is 0. The van der Waals surface area contributed by atoms with Gasteiger partial charge in [-0.1, -0.05) is 12.7 Å². The van der Waals surface area contributed by atoms with Gasteiger partial charge in [-0.3, -0.25) is 5.32 Å². The molecule has 24 heavy (non-hydrogen) atoms. The molecule has 6 nitrogen and oxygen atoms in total. The fourth-order valence-electron chi connectivity index (χ4n) is 1.48. The summed E-state index contributed by atoms with van der Waals surface area (Å²) < 4.78 is 13.9. The lowest BCUT2D eigenvalue weighted by Crippen LogP contribution is -2.27. The standard InChI is InChI=1S/C9H13BrN2O2S.C6H8N2S/c1-5-6(10)7(12-15-5)11-8(13)14-9(2,3)4;1-3-5-4(2)9-8-6(5)7/h1-4H3,(H,11,12,13);3H,1H2,2H3,(H2,7,8). The van der Waals surface area contributed by atoms with Crippen molar-refractivity contribution in [2.24, 2.45) is 0 Å². The highest BCUT2D eigenvalue weighted by molar-refractivity contribution is 9.10. The first-order chi connectivity index (χ1) is 11.0. The van der Waals surface area contributed by atoms with Gasteiger partial charge >= 0.3 is 6.09 Å². The molecule has 0 radical (unpaired) electrons. The molecule has 0 bridgehead atoms. The molecular weight excluding hydrogens is 412 g/mol. The van der Waals surface area contributed by atoms with Gasteiger partial charge in [0, 0.05) is 15.3 Å². The zero-order valence-electron chi connectivity index (χ0n) is 14.3. The van der Waals surface area contributed by atoms with E-state index in [2.05, 4.69) is 36.6 Å². The van der Waals surface area contributed by atoms with Crippen LogP contribution in [-0.4, -0.2) is 20.4 Å². The fourth-order valence-corrected chi connectivity index (χ4v) is 3.17. The number of aryl methyl sites for hydroxylation is 2. The summed E-state index contributed by atoms with van der Waals surface area (Å²) in [6.07, 6.45) is 1.24. The van der Waals surface area contributed by atoms with Gasteiger partial charge in [0.15, 0.2) is 5.82 Å². The predicted molar refractivity (Wildman–Crippen MR) is 106 cm³/mol. The van der Waals surface area contributed by atoms with Crippen molar-refractivity contribution in [2.75, 3.05) is 11.1 Å². The van der Waals surface area contributed by atoms with Crippen molar-refractivity contribution >= 4 is 62.8 Å². The number of halogens is 1. The Morgan fingerprint density at radius 2 is 1.88 bits per heavy atom. The predicted octanol–water partition coefficient (Wildman–Crippen LogP) is 5.24. The maximum Gasteiger partial charge on any atom is 0.413 e. The van der Waals surface area contributed by atoms with E-state index in [4.69, 9.17) is 10.5 Å². The van der Waals surface area contributed by atoms with E-state index >= 15 is 0 Å². The van der Waals surface area contributed by atoms with Crippen LogP contribution in [0.3, 0.4) is 0 Å². The maximum absolute atomic E-state index is 11.4. The molecule has 2 rings (SSSR count). The minimum Gasteiger partial charge on any atom is -0.444 e. The van der Waals surface area contributed by atoms with Gasteiger partial charge in [-0.2, -0.15) is 8.75 Å². The molecule has 9 heteroatoms. The third kappa shape index (κ3) is 6.21. The summed E-state index contributed by atoms with van der Waals surface area (Å²) in [5.41, 5.74) is 5.95. The Kier molecular flexibility index (Phi) is 7.37. The highest BCUT2D eigenvalue weighted by atomic mass is 79.9. The minimum absolute atomic E-state index is 0.492. The third-order valence-electron chi connectivity index (χ3n) is 2.55. The molecule has 132 valence electrons. The lowest BCUT2D eigenvalue weighted by atomic mass is 10.2. The molecule has 1 amide bonds. The Bertz CT molecular complexity index is 700. The summed E-state index contributed by atoms with van der Waals surface area (Å²) in [7, 11) is 0. The number of nitrogens with one attached hydrogen (secondary N) is 1. The summed E-state index contributed by atoms with van der Waals surface area (Å²) in [4.78, 5) is 13.5. The Labute approximate surface area is 158 Å². The van der Waals surface area contributed by atoms with Gasteiger partial charge in [0.1, 0.15) is 11.4 Å². The van der Waals surface area contributed by atoms with E-state index in [0.717, 1.165) is 19.8 Å². The van der Waals surface area contributed by atoms with E-state index in [1.165, 1.54) is 23.1 Å². The van der Waals surface area contributed by atoms with Crippen molar-refractivity contribution in [1.29, 1.82) is 0 Å². The molecule has 2 heterocycles. The van der Waals surface area contributed by atoms with E-state index in [-0.39, 0.29) is 0 Å². The van der Waals surface area contributed by atoms with E-state index in [1.54, 1.807) is 6.08 Å². The molecule has 0 atom stereocenters. The topological polar surface area (TPSA) is 90.1 Å². The second-order valence-electron chi connectivity index (χ2n) is 5.77. The second kappa shape index (κ2) is 8.59. The number of nitrogen functional groups attached to an aromatic ring is 1. The Balaban J connectivity index is 0.000000272. The van der Waals surface area contributed by atoms with Crippen molar-refractivity contribution < 1.29 is 9.53 Å². The number of carbonyl (C=O) groups excluding carboxylic acids is 1. The quantitative estimate of drug-likeness (QED) is 0.676. The van der Waals surface area contributed by atoms with Crippen LogP contribution in [0.1, 0.15) is 36.1 Å². The molecule has 0 unspecified atom stereocenters. The average molecular weight is 433 g/mol. The normalized spacial score (nSPS) is 10.6. The summed E-state index contributed by atoms with van der Waals surface area (Å²) in [5.74, 6) is 1.10. The van der Waals surface area contributed by atoms with Crippen LogP contribution < -0.4 is 11.1 Å². The number of rotatable bonds is 2. The molecule has 0 aliphatic carbocycles. The molecule has 3 N–H and O–H groups in total. The van der Waals surface area contributed by atoms with Gasteiger partial charge in [0.05, 0.1) is 4.47 Å². The minimum atomic E-state index is -0.498. The van der Waals surface area contributed by atoms with Gasteiger partial charge in [-0.15, -0.1) is 0 Å². The summed E-state index contributed by atoms with van der Waals surface area (Å²) in [5, 5.41) is 2.58. The van der Waals surface area contributed by atoms with Gasteiger partial charge in [0.2, 0.25) is 0 Å². The van der Waals surface area contributed by atoms with Gasteiger partial charge in [-0.25, -0.2) is 4.79 Å². The highest BCUT2D eigenvalue weighted by Gasteiger charge is 2.18. The lowest BCUT2D eigenvalue weighted by Gasteiger charge is -2.19. The van der Waals surface area contributed by atoms with Crippen molar-refractivity contribution in [3.63, 3.8) is 0 Å². The summed E-state index contributed by atoms with van der Waals surface area (Å²) >= 11 is 6.07. The fraction of sp³-hybridized carbons (Fsp3) is 0.400. The van der Waals surface area contributed by atoms with Crippen LogP contribution in [0.15, 0.2) is 11.1 Å². The van der Waals surface area contributed by atoms with E-state index in [0.29, 0.717) is 11.6 Å². The van der Waals surface area contributed by atoms with Crippen molar-refractivity contribution in [1.82, 2.24) is 8.75 Å². The molecule has 0 aromatic carbocycles. The van der Waals surface area contributed by atoms with Crippen LogP contribution in [0.5, 0.6) is 0 Å². The van der Waals surface area contributed by atoms with Gasteiger partial charge < -0.3 is 10.5 Å². The van der Waals surface area contributed by atoms with E-state index in [9.17, 15) is 4.79 Å². The first-order valence-electron chi connectivity index (χ1n) is 7.01. The zero-order chi connectivity index (χ0) is 18.5. The van der Waals surface area contributed by atoms with Crippen LogP contribution in [0.4, 0.5) is 16.4 Å². The van der Waals surface area contributed by atoms with Crippen LogP contribution >= 0.6 is 39.0 Å². The monoisotopic (exact) mass is 432 g/mol. The molecule has 0 saturated heterocycles. The number of hydrogen-bond acceptors (Lipinski definition) is 7. The van der Waals surface area contributed by atoms with Crippen LogP contribution in [-0.2, 0) is 4.74 Å². The maximum atomic E-state index is 11.4. The number of nitrogens with two attached hydrogens (primary N) is 1. The second-order valence-corrected chi connectivity index (χ2v) is 8.52. The van der Waals surface area contributed by atoms with Crippen LogP contribution in [0.2, 0.25) is 0 Å². The first-order valence-corrected chi connectivity index (χ1v) is 9.35. The number of carbonyl (C=O) groups is 1. The smallest absolute Gasteiger partial charge is 0.413 e. The Morgan fingerprint density at radius 1 is 1.29 bits per heavy atom. The van der Waals surface area contributed by atoms with Gasteiger partial charge in [0.25, 0.3) is 0 Å². The van der Waals surface area contributed by atoms with Gasteiger partial charge in [-0.05, 0) is 73.6 Å². The number of anilines is 2. The number of hydrogen-bond donors (Lipinski definition) is 2. The first kappa shape index (κ1) is 20.6. The Hall–Kier alpha value is -1.45. The van der Waals surface area contributed by atoms with Crippen LogP contribution in [0.25, 0.3) is 6.08 Å². The number of nitrogens with zero attached hydrogens (tertiary/aromatic N) is 2. The molecule has 2 aromatic rings.